The molecule has 4 aromatic carbocycles. The highest BCUT2D eigenvalue weighted by Crippen LogP contribution is 2.33. The number of amidine groups is 1. The van der Waals surface area contributed by atoms with Crippen LogP contribution in [0.5, 0.6) is 5.75 Å². The minimum Gasteiger partial charge on any atom is -0.488 e. The normalized spacial score (nSPS) is 15.3. The lowest BCUT2D eigenvalue weighted by Crippen LogP contribution is -2.19. The second-order valence-electron chi connectivity index (χ2n) is 8.37. The molecular weight excluding hydrogens is 508 g/mol. The van der Waals surface area contributed by atoms with Gasteiger partial charge < -0.3 is 15.2 Å². The standard InChI is InChI=1S/C29H21ClN2O4S/c30-23-9-5-19(6-10-23)17-36-25-15-21-4-2-1-3-20(21)14-22(25)16-26-28(35)32-29(37-26)31-24-11-7-18(8-12-24)13-27(33)34/h1-12,14-16H,13,17H2,(H,33,34)(H,31,32,35). The molecule has 0 saturated carbocycles. The zero-order chi connectivity index (χ0) is 25.8. The number of amides is 1. The molecule has 1 heterocycles. The van der Waals surface area contributed by atoms with Gasteiger partial charge in [-0.2, -0.15) is 0 Å². The first-order valence-corrected chi connectivity index (χ1v) is 12.6. The summed E-state index contributed by atoms with van der Waals surface area (Å²) < 4.78 is 6.18. The van der Waals surface area contributed by atoms with Crippen LogP contribution in [0.15, 0.2) is 94.8 Å². The molecule has 1 aliphatic heterocycles. The van der Waals surface area contributed by atoms with E-state index in [4.69, 9.17) is 21.4 Å². The van der Waals surface area contributed by atoms with Crippen LogP contribution in [0.4, 0.5) is 5.69 Å². The van der Waals surface area contributed by atoms with E-state index >= 15 is 0 Å². The van der Waals surface area contributed by atoms with E-state index in [0.29, 0.717) is 38.7 Å². The van der Waals surface area contributed by atoms with Crippen LogP contribution >= 0.6 is 23.4 Å². The van der Waals surface area contributed by atoms with E-state index in [1.54, 1.807) is 24.3 Å². The largest absolute Gasteiger partial charge is 0.488 e. The summed E-state index contributed by atoms with van der Waals surface area (Å²) in [6.07, 6.45) is 1.76. The van der Waals surface area contributed by atoms with E-state index < -0.39 is 5.97 Å². The van der Waals surface area contributed by atoms with E-state index in [1.165, 1.54) is 11.8 Å². The van der Waals surface area contributed by atoms with Gasteiger partial charge in [0.05, 0.1) is 17.0 Å². The number of rotatable bonds is 7. The maximum Gasteiger partial charge on any atom is 0.307 e. The molecule has 4 aromatic rings. The molecule has 1 aliphatic rings. The van der Waals surface area contributed by atoms with Gasteiger partial charge in [0.15, 0.2) is 5.17 Å². The highest BCUT2D eigenvalue weighted by Gasteiger charge is 2.24. The lowest BCUT2D eigenvalue weighted by atomic mass is 10.1. The van der Waals surface area contributed by atoms with Gasteiger partial charge in [0.2, 0.25) is 0 Å². The number of ether oxygens (including phenoxy) is 1. The van der Waals surface area contributed by atoms with Crippen molar-refractivity contribution in [2.24, 2.45) is 4.99 Å². The molecule has 0 aliphatic carbocycles. The molecule has 0 atom stereocenters. The summed E-state index contributed by atoms with van der Waals surface area (Å²) in [7, 11) is 0. The van der Waals surface area contributed by atoms with Crippen molar-refractivity contribution in [2.75, 3.05) is 0 Å². The lowest BCUT2D eigenvalue weighted by Gasteiger charge is -2.12. The molecule has 37 heavy (non-hydrogen) atoms. The Balaban J connectivity index is 1.40. The van der Waals surface area contributed by atoms with Gasteiger partial charge in [-0.1, -0.05) is 60.1 Å². The van der Waals surface area contributed by atoms with Gasteiger partial charge in [-0.05, 0) is 76.1 Å². The topological polar surface area (TPSA) is 88.0 Å². The predicted octanol–water partition coefficient (Wildman–Crippen LogP) is 6.59. The summed E-state index contributed by atoms with van der Waals surface area (Å²) in [5.41, 5.74) is 3.07. The number of benzene rings is 4. The first kappa shape index (κ1) is 24.6. The van der Waals surface area contributed by atoms with Crippen molar-refractivity contribution in [2.45, 2.75) is 13.0 Å². The number of carbonyl (C=O) groups excluding carboxylic acids is 1. The number of hydrogen-bond acceptors (Lipinski definition) is 5. The molecule has 0 unspecified atom stereocenters. The second-order valence-corrected chi connectivity index (χ2v) is 9.84. The van der Waals surface area contributed by atoms with Crippen molar-refractivity contribution in [3.8, 4) is 5.75 Å². The van der Waals surface area contributed by atoms with Crippen molar-refractivity contribution >= 4 is 62.9 Å². The first-order valence-electron chi connectivity index (χ1n) is 11.4. The van der Waals surface area contributed by atoms with Crippen LogP contribution in [-0.2, 0) is 22.6 Å². The average molecular weight is 529 g/mol. The Bertz CT molecular complexity index is 1550. The number of aliphatic imine (C=N–C) groups is 1. The maximum atomic E-state index is 12.7. The number of carboxylic acid groups (broad SMARTS) is 1. The quantitative estimate of drug-likeness (QED) is 0.264. The second kappa shape index (κ2) is 10.9. The average Bonchev–Trinajstić information content (AvgIpc) is 3.22. The summed E-state index contributed by atoms with van der Waals surface area (Å²) in [5, 5.41) is 14.9. The molecular formula is C29H21ClN2O4S. The van der Waals surface area contributed by atoms with Gasteiger partial charge >= 0.3 is 5.97 Å². The zero-order valence-corrected chi connectivity index (χ0v) is 21.1. The Kier molecular flexibility index (Phi) is 7.25. The molecule has 2 N–H and O–H groups in total. The fourth-order valence-electron chi connectivity index (χ4n) is 3.82. The molecule has 1 saturated heterocycles. The number of aliphatic carboxylic acids is 1. The fraction of sp³-hybridized carbons (Fsp3) is 0.0690. The van der Waals surface area contributed by atoms with Crippen molar-refractivity contribution < 1.29 is 19.4 Å². The van der Waals surface area contributed by atoms with Gasteiger partial charge in [0.1, 0.15) is 12.4 Å². The molecule has 0 bridgehead atoms. The maximum absolute atomic E-state index is 12.7. The van der Waals surface area contributed by atoms with Gasteiger partial charge in [-0.3, -0.25) is 9.59 Å². The van der Waals surface area contributed by atoms with Gasteiger partial charge in [-0.25, -0.2) is 4.99 Å². The summed E-state index contributed by atoms with van der Waals surface area (Å²) in [5.74, 6) is -0.477. The molecule has 0 radical (unpaired) electrons. The third-order valence-electron chi connectivity index (χ3n) is 5.65. The summed E-state index contributed by atoms with van der Waals surface area (Å²) in [6, 6.07) is 26.3. The molecule has 6 nitrogen and oxygen atoms in total. The highest BCUT2D eigenvalue weighted by molar-refractivity contribution is 8.18. The minimum atomic E-state index is -0.891. The third-order valence-corrected chi connectivity index (χ3v) is 6.81. The number of hydrogen-bond donors (Lipinski definition) is 2. The molecule has 0 aromatic heterocycles. The Morgan fingerprint density at radius 2 is 1.65 bits per heavy atom. The molecule has 1 amide bonds. The molecule has 1 fully saturated rings. The Hall–Kier alpha value is -4.07. The van der Waals surface area contributed by atoms with Crippen LogP contribution in [0.2, 0.25) is 5.02 Å². The van der Waals surface area contributed by atoms with Gasteiger partial charge in [0.25, 0.3) is 5.91 Å². The van der Waals surface area contributed by atoms with Crippen LogP contribution in [0, 0.1) is 0 Å². The molecule has 8 heteroatoms. The smallest absolute Gasteiger partial charge is 0.307 e. The van der Waals surface area contributed by atoms with Crippen molar-refractivity contribution in [3.63, 3.8) is 0 Å². The van der Waals surface area contributed by atoms with Crippen LogP contribution in [-0.4, -0.2) is 22.2 Å². The highest BCUT2D eigenvalue weighted by atomic mass is 35.5. The Labute approximate surface area is 222 Å². The number of nitrogens with one attached hydrogen (secondary N) is 1. The molecule has 5 rings (SSSR count). The predicted molar refractivity (Wildman–Crippen MR) is 148 cm³/mol. The van der Waals surface area contributed by atoms with Crippen LogP contribution in [0.25, 0.3) is 16.8 Å². The summed E-state index contributed by atoms with van der Waals surface area (Å²) >= 11 is 7.24. The number of carboxylic acids is 1. The van der Waals surface area contributed by atoms with Crippen molar-refractivity contribution in [3.05, 3.63) is 112 Å². The lowest BCUT2D eigenvalue weighted by molar-refractivity contribution is -0.136. The monoisotopic (exact) mass is 528 g/mol. The Morgan fingerprint density at radius 3 is 2.35 bits per heavy atom. The van der Waals surface area contributed by atoms with E-state index in [0.717, 1.165) is 21.9 Å². The first-order chi connectivity index (χ1) is 17.9. The fourth-order valence-corrected chi connectivity index (χ4v) is 4.78. The Morgan fingerprint density at radius 1 is 0.973 bits per heavy atom. The van der Waals surface area contributed by atoms with Crippen LogP contribution < -0.4 is 10.1 Å². The number of halogens is 1. The third kappa shape index (κ3) is 6.20. The van der Waals surface area contributed by atoms with E-state index in [2.05, 4.69) is 10.3 Å². The number of thioether (sulfide) groups is 1. The van der Waals surface area contributed by atoms with Crippen LogP contribution in [0.3, 0.4) is 0 Å². The molecule has 0 spiro atoms. The number of nitrogens with zero attached hydrogens (tertiary/aromatic N) is 1. The summed E-state index contributed by atoms with van der Waals surface area (Å²) in [4.78, 5) is 28.6. The van der Waals surface area contributed by atoms with Crippen LogP contribution in [0.1, 0.15) is 16.7 Å². The van der Waals surface area contributed by atoms with E-state index in [9.17, 15) is 9.59 Å². The zero-order valence-electron chi connectivity index (χ0n) is 19.5. The molecule has 184 valence electrons. The van der Waals surface area contributed by atoms with Crippen molar-refractivity contribution in [1.29, 1.82) is 0 Å². The number of fused-ring (bicyclic) bond motifs is 1. The van der Waals surface area contributed by atoms with E-state index in [1.807, 2.05) is 66.7 Å². The van der Waals surface area contributed by atoms with Gasteiger partial charge in [0, 0.05) is 10.6 Å². The summed E-state index contributed by atoms with van der Waals surface area (Å²) in [6.45, 7) is 0.357. The van der Waals surface area contributed by atoms with Crippen molar-refractivity contribution in [1.82, 2.24) is 5.32 Å². The SMILES string of the molecule is O=C(O)Cc1ccc(N=C2NC(=O)C(=Cc3cc4ccccc4cc3OCc3ccc(Cl)cc3)S2)cc1. The minimum absolute atomic E-state index is 0.0522. The number of carbonyl (C=O) groups is 2. The van der Waals surface area contributed by atoms with E-state index in [-0.39, 0.29) is 12.3 Å². The van der Waals surface area contributed by atoms with Gasteiger partial charge in [-0.15, -0.1) is 0 Å².